The standard InChI is InChI=1S/C15H16BrN3O/c1-9-4-5-14-12(8-9)13(18-20-14)6-7-19-11(3)15(16)10(2)17-19/h4-5,8H,6-7H2,1-3H3. The lowest BCUT2D eigenvalue weighted by Crippen LogP contribution is -2.05. The van der Waals surface area contributed by atoms with Crippen LogP contribution in [0.15, 0.2) is 27.2 Å². The van der Waals surface area contributed by atoms with E-state index in [1.54, 1.807) is 0 Å². The molecule has 0 spiro atoms. The molecule has 0 aliphatic heterocycles. The molecule has 0 aliphatic rings. The van der Waals surface area contributed by atoms with Gasteiger partial charge in [0.1, 0.15) is 0 Å². The van der Waals surface area contributed by atoms with Gasteiger partial charge in [0.2, 0.25) is 0 Å². The molecule has 5 heteroatoms. The average Bonchev–Trinajstić information content (AvgIpc) is 2.93. The molecule has 0 radical (unpaired) electrons. The molecule has 2 aromatic heterocycles. The molecule has 3 aromatic rings. The van der Waals surface area contributed by atoms with Crippen LogP contribution in [0.5, 0.6) is 0 Å². The minimum atomic E-state index is 0.799. The van der Waals surface area contributed by atoms with E-state index in [0.717, 1.165) is 45.5 Å². The molecule has 0 fully saturated rings. The highest BCUT2D eigenvalue weighted by atomic mass is 79.9. The molecule has 1 aromatic carbocycles. The summed E-state index contributed by atoms with van der Waals surface area (Å²) in [5.41, 5.74) is 5.22. The van der Waals surface area contributed by atoms with E-state index in [4.69, 9.17) is 4.52 Å². The van der Waals surface area contributed by atoms with Crippen molar-refractivity contribution in [3.63, 3.8) is 0 Å². The summed E-state index contributed by atoms with van der Waals surface area (Å²) in [5.74, 6) is 0. The van der Waals surface area contributed by atoms with Crippen molar-refractivity contribution < 1.29 is 4.52 Å². The van der Waals surface area contributed by atoms with E-state index in [-0.39, 0.29) is 0 Å². The lowest BCUT2D eigenvalue weighted by atomic mass is 10.1. The highest BCUT2D eigenvalue weighted by molar-refractivity contribution is 9.10. The topological polar surface area (TPSA) is 43.9 Å². The van der Waals surface area contributed by atoms with Gasteiger partial charge in [-0.2, -0.15) is 5.10 Å². The van der Waals surface area contributed by atoms with Gasteiger partial charge in [-0.3, -0.25) is 4.68 Å². The molecule has 4 nitrogen and oxygen atoms in total. The summed E-state index contributed by atoms with van der Waals surface area (Å²) >= 11 is 3.55. The Balaban J connectivity index is 1.86. The van der Waals surface area contributed by atoms with Gasteiger partial charge in [0.25, 0.3) is 0 Å². The van der Waals surface area contributed by atoms with Gasteiger partial charge in [-0.15, -0.1) is 0 Å². The minimum absolute atomic E-state index is 0.799. The smallest absolute Gasteiger partial charge is 0.167 e. The predicted octanol–water partition coefficient (Wildman–Crippen LogP) is 3.95. The van der Waals surface area contributed by atoms with Gasteiger partial charge in [0, 0.05) is 24.0 Å². The van der Waals surface area contributed by atoms with Gasteiger partial charge in [0.15, 0.2) is 5.58 Å². The molecular weight excluding hydrogens is 318 g/mol. The Labute approximate surface area is 125 Å². The number of hydrogen-bond donors (Lipinski definition) is 0. The molecule has 0 atom stereocenters. The second kappa shape index (κ2) is 5.05. The summed E-state index contributed by atoms with van der Waals surface area (Å²) in [6.07, 6.45) is 0.810. The lowest BCUT2D eigenvalue weighted by molar-refractivity contribution is 0.441. The highest BCUT2D eigenvalue weighted by Crippen LogP contribution is 2.22. The average molecular weight is 334 g/mol. The molecule has 0 bridgehead atoms. The van der Waals surface area contributed by atoms with Crippen molar-refractivity contribution in [1.29, 1.82) is 0 Å². The monoisotopic (exact) mass is 333 g/mol. The Kier molecular flexibility index (Phi) is 3.38. The van der Waals surface area contributed by atoms with E-state index in [0.29, 0.717) is 0 Å². The molecule has 104 valence electrons. The maximum absolute atomic E-state index is 5.36. The van der Waals surface area contributed by atoms with Crippen LogP contribution in [0, 0.1) is 20.8 Å². The number of aryl methyl sites for hydroxylation is 4. The molecule has 20 heavy (non-hydrogen) atoms. The van der Waals surface area contributed by atoms with E-state index in [9.17, 15) is 0 Å². The Bertz CT molecular complexity index is 773. The number of aromatic nitrogens is 3. The minimum Gasteiger partial charge on any atom is -0.356 e. The Morgan fingerprint density at radius 3 is 2.75 bits per heavy atom. The number of hydrogen-bond acceptors (Lipinski definition) is 3. The normalized spacial score (nSPS) is 11.4. The number of fused-ring (bicyclic) bond motifs is 1. The van der Waals surface area contributed by atoms with Crippen LogP contribution in [0.25, 0.3) is 11.0 Å². The fraction of sp³-hybridized carbons (Fsp3) is 0.333. The van der Waals surface area contributed by atoms with Crippen molar-refractivity contribution in [2.45, 2.75) is 33.7 Å². The summed E-state index contributed by atoms with van der Waals surface area (Å²) < 4.78 is 8.45. The first-order chi connectivity index (χ1) is 9.56. The molecule has 0 aliphatic carbocycles. The molecule has 0 saturated carbocycles. The molecule has 0 amide bonds. The maximum Gasteiger partial charge on any atom is 0.167 e. The van der Waals surface area contributed by atoms with Gasteiger partial charge >= 0.3 is 0 Å². The second-order valence-corrected chi connectivity index (χ2v) is 5.88. The predicted molar refractivity (Wildman–Crippen MR) is 81.9 cm³/mol. The molecular formula is C15H16BrN3O. The molecule has 3 rings (SSSR count). The largest absolute Gasteiger partial charge is 0.356 e. The third kappa shape index (κ3) is 2.26. The van der Waals surface area contributed by atoms with Crippen molar-refractivity contribution in [3.05, 3.63) is 45.3 Å². The Morgan fingerprint density at radius 2 is 2.05 bits per heavy atom. The highest BCUT2D eigenvalue weighted by Gasteiger charge is 2.12. The number of halogens is 1. The van der Waals surface area contributed by atoms with Crippen LogP contribution in [0.2, 0.25) is 0 Å². The number of benzene rings is 1. The van der Waals surface area contributed by atoms with Crippen molar-refractivity contribution in [2.24, 2.45) is 0 Å². The van der Waals surface area contributed by atoms with Crippen LogP contribution >= 0.6 is 15.9 Å². The third-order valence-electron chi connectivity index (χ3n) is 3.55. The fourth-order valence-corrected chi connectivity index (χ4v) is 2.67. The number of rotatable bonds is 3. The summed E-state index contributed by atoms with van der Waals surface area (Å²) in [7, 11) is 0. The van der Waals surface area contributed by atoms with Crippen LogP contribution in [0.4, 0.5) is 0 Å². The van der Waals surface area contributed by atoms with Gasteiger partial charge in [-0.25, -0.2) is 0 Å². The first-order valence-corrected chi connectivity index (χ1v) is 7.40. The van der Waals surface area contributed by atoms with Gasteiger partial charge in [0.05, 0.1) is 15.9 Å². The first kappa shape index (κ1) is 13.4. The summed E-state index contributed by atoms with van der Waals surface area (Å²) in [6.45, 7) is 6.94. The zero-order valence-electron chi connectivity index (χ0n) is 11.8. The lowest BCUT2D eigenvalue weighted by Gasteiger charge is -2.02. The quantitative estimate of drug-likeness (QED) is 0.728. The first-order valence-electron chi connectivity index (χ1n) is 6.60. The third-order valence-corrected chi connectivity index (χ3v) is 4.70. The Hall–Kier alpha value is -1.62. The van der Waals surface area contributed by atoms with Crippen molar-refractivity contribution >= 4 is 26.9 Å². The van der Waals surface area contributed by atoms with E-state index >= 15 is 0 Å². The van der Waals surface area contributed by atoms with Crippen molar-refractivity contribution in [3.8, 4) is 0 Å². The van der Waals surface area contributed by atoms with Gasteiger partial charge in [-0.1, -0.05) is 16.8 Å². The van der Waals surface area contributed by atoms with E-state index < -0.39 is 0 Å². The maximum atomic E-state index is 5.36. The zero-order chi connectivity index (χ0) is 14.3. The summed E-state index contributed by atoms with van der Waals surface area (Å²) in [5, 5.41) is 9.80. The molecule has 2 heterocycles. The summed E-state index contributed by atoms with van der Waals surface area (Å²) in [4.78, 5) is 0. The van der Waals surface area contributed by atoms with Crippen LogP contribution in [0.3, 0.4) is 0 Å². The van der Waals surface area contributed by atoms with Gasteiger partial charge < -0.3 is 4.52 Å². The van der Waals surface area contributed by atoms with Crippen LogP contribution in [-0.4, -0.2) is 14.9 Å². The Morgan fingerprint density at radius 1 is 1.25 bits per heavy atom. The van der Waals surface area contributed by atoms with Gasteiger partial charge in [-0.05, 0) is 48.8 Å². The van der Waals surface area contributed by atoms with Crippen LogP contribution < -0.4 is 0 Å². The molecule has 0 N–H and O–H groups in total. The molecule has 0 saturated heterocycles. The number of nitrogens with zero attached hydrogens (tertiary/aromatic N) is 3. The van der Waals surface area contributed by atoms with Crippen molar-refractivity contribution in [2.75, 3.05) is 0 Å². The fourth-order valence-electron chi connectivity index (χ4n) is 2.39. The molecule has 0 unspecified atom stereocenters. The van der Waals surface area contributed by atoms with E-state index in [1.165, 1.54) is 5.56 Å². The SMILES string of the molecule is Cc1ccc2onc(CCn3nc(C)c(Br)c3C)c2c1. The van der Waals surface area contributed by atoms with E-state index in [2.05, 4.69) is 46.1 Å². The van der Waals surface area contributed by atoms with Crippen LogP contribution in [0.1, 0.15) is 22.6 Å². The second-order valence-electron chi connectivity index (χ2n) is 5.09. The van der Waals surface area contributed by atoms with Crippen molar-refractivity contribution in [1.82, 2.24) is 14.9 Å². The van der Waals surface area contributed by atoms with Crippen LogP contribution in [-0.2, 0) is 13.0 Å². The van der Waals surface area contributed by atoms with E-state index in [1.807, 2.05) is 23.7 Å². The zero-order valence-corrected chi connectivity index (χ0v) is 13.4. The summed E-state index contributed by atoms with van der Waals surface area (Å²) in [6, 6.07) is 6.13.